The molecule has 3 amide bonds. The van der Waals surface area contributed by atoms with E-state index in [4.69, 9.17) is 11.5 Å². The van der Waals surface area contributed by atoms with E-state index in [9.17, 15) is 28.8 Å². The summed E-state index contributed by atoms with van der Waals surface area (Å²) in [5, 5.41) is 14.5. The Morgan fingerprint density at radius 3 is 1.60 bits per heavy atom. The predicted molar refractivity (Wildman–Crippen MR) is 185 cm³/mol. The van der Waals surface area contributed by atoms with E-state index in [1.54, 1.807) is 0 Å². The molecule has 0 fully saturated rings. The van der Waals surface area contributed by atoms with Crippen molar-refractivity contribution in [3.05, 3.63) is 0 Å². The van der Waals surface area contributed by atoms with Crippen LogP contribution < -0.4 is 38.1 Å². The van der Waals surface area contributed by atoms with Gasteiger partial charge in [-0.15, -0.1) is 0 Å². The summed E-state index contributed by atoms with van der Waals surface area (Å²) in [6.07, 6.45) is 5.71. The van der Waals surface area contributed by atoms with Crippen molar-refractivity contribution < 1.29 is 28.8 Å². The van der Waals surface area contributed by atoms with Crippen LogP contribution in [-0.4, -0.2) is 94.0 Å². The number of nitrogens with two attached hydrogens (primary N) is 2. The maximum Gasteiger partial charge on any atom is 0.224 e. The molecule has 0 aliphatic rings. The Labute approximate surface area is 282 Å². The molecule has 13 heteroatoms. The SMILES string of the molecule is CCCCCCC(=O)CC(CC)C(=O)CC(CC(=O)CC(CC(=O)NCCNCCN)C(=O)NCCCC)C(=O)NCCNCCN. The summed E-state index contributed by atoms with van der Waals surface area (Å²) in [6, 6.07) is 0. The smallest absolute Gasteiger partial charge is 0.224 e. The Kier molecular flexibility index (Phi) is 27.7. The molecule has 0 aliphatic heterocycles. The maximum atomic E-state index is 13.4. The van der Waals surface area contributed by atoms with E-state index >= 15 is 0 Å². The molecule has 0 bridgehead atoms. The monoisotopic (exact) mass is 667 g/mol. The lowest BCUT2D eigenvalue weighted by Gasteiger charge is -2.21. The lowest BCUT2D eigenvalue weighted by atomic mass is 9.84. The number of hydrogen-bond acceptors (Lipinski definition) is 10. The second kappa shape index (κ2) is 29.4. The number of carbonyl (C=O) groups is 6. The van der Waals surface area contributed by atoms with E-state index in [0.29, 0.717) is 65.2 Å². The van der Waals surface area contributed by atoms with Crippen LogP contribution in [-0.2, 0) is 28.8 Å². The van der Waals surface area contributed by atoms with E-state index < -0.39 is 29.6 Å². The van der Waals surface area contributed by atoms with Crippen molar-refractivity contribution in [1.29, 1.82) is 0 Å². The molecule has 3 atom stereocenters. The molecule has 0 saturated heterocycles. The number of ketones is 3. The van der Waals surface area contributed by atoms with Crippen LogP contribution in [0.5, 0.6) is 0 Å². The lowest BCUT2D eigenvalue weighted by molar-refractivity contribution is -0.136. The van der Waals surface area contributed by atoms with Gasteiger partial charge in [-0.2, -0.15) is 0 Å². The molecular weight excluding hydrogens is 602 g/mol. The second-order valence-electron chi connectivity index (χ2n) is 12.2. The Morgan fingerprint density at radius 2 is 1.04 bits per heavy atom. The molecule has 0 spiro atoms. The standard InChI is InChI=1S/C34H65N7O6/c1-4-7-9-10-11-29(42)21-26(6-3)31(44)24-27(33(46)41-20-18-38-16-13-36)22-30(43)23-28(34(47)40-14-8-5-2)25-32(45)39-19-17-37-15-12-35/h26-28,37-38H,4-25,35-36H2,1-3H3,(H,39,45)(H,40,47)(H,41,46). The third-order valence-corrected chi connectivity index (χ3v) is 8.00. The van der Waals surface area contributed by atoms with Crippen molar-refractivity contribution in [3.8, 4) is 0 Å². The summed E-state index contributed by atoms with van der Waals surface area (Å²) < 4.78 is 0. The van der Waals surface area contributed by atoms with Crippen LogP contribution in [0.3, 0.4) is 0 Å². The van der Waals surface area contributed by atoms with Crippen LogP contribution in [0.15, 0.2) is 0 Å². The summed E-state index contributed by atoms with van der Waals surface area (Å²) in [5.74, 6) is -4.15. The first-order valence-electron chi connectivity index (χ1n) is 17.8. The van der Waals surface area contributed by atoms with Crippen molar-refractivity contribution in [3.63, 3.8) is 0 Å². The molecular formula is C34H65N7O6. The summed E-state index contributed by atoms with van der Waals surface area (Å²) >= 11 is 0. The highest BCUT2D eigenvalue weighted by Crippen LogP contribution is 2.22. The maximum absolute atomic E-state index is 13.4. The van der Waals surface area contributed by atoms with E-state index in [2.05, 4.69) is 33.5 Å². The number of rotatable bonds is 32. The summed E-state index contributed by atoms with van der Waals surface area (Å²) in [4.78, 5) is 78.3. The zero-order chi connectivity index (χ0) is 35.3. The number of unbranched alkanes of at least 4 members (excludes halogenated alkanes) is 4. The third-order valence-electron chi connectivity index (χ3n) is 8.00. The number of hydrogen-bond donors (Lipinski definition) is 7. The average Bonchev–Trinajstić information content (AvgIpc) is 3.04. The summed E-state index contributed by atoms with van der Waals surface area (Å²) in [5.41, 5.74) is 11.0. The quantitative estimate of drug-likeness (QED) is 0.0508. The molecule has 0 aromatic heterocycles. The van der Waals surface area contributed by atoms with Crippen LogP contribution in [0.4, 0.5) is 0 Å². The van der Waals surface area contributed by atoms with Gasteiger partial charge < -0.3 is 38.1 Å². The minimum atomic E-state index is -0.954. The fourth-order valence-electron chi connectivity index (χ4n) is 5.16. The molecule has 0 aromatic rings. The fourth-order valence-corrected chi connectivity index (χ4v) is 5.16. The topological polar surface area (TPSA) is 215 Å². The molecule has 9 N–H and O–H groups in total. The molecule has 0 rings (SSSR count). The van der Waals surface area contributed by atoms with Gasteiger partial charge in [0.2, 0.25) is 17.7 Å². The normalized spacial score (nSPS) is 13.0. The van der Waals surface area contributed by atoms with Crippen LogP contribution >= 0.6 is 0 Å². The van der Waals surface area contributed by atoms with E-state index in [1.807, 2.05) is 13.8 Å². The summed E-state index contributed by atoms with van der Waals surface area (Å²) in [7, 11) is 0. The molecule has 3 unspecified atom stereocenters. The predicted octanol–water partition coefficient (Wildman–Crippen LogP) is 1.12. The average molecular weight is 668 g/mol. The van der Waals surface area contributed by atoms with Gasteiger partial charge >= 0.3 is 0 Å². The van der Waals surface area contributed by atoms with Crippen LogP contribution in [0.1, 0.15) is 104 Å². The highest BCUT2D eigenvalue weighted by atomic mass is 16.2. The minimum Gasteiger partial charge on any atom is -0.356 e. The Hall–Kier alpha value is -2.74. The molecule has 47 heavy (non-hydrogen) atoms. The first kappa shape index (κ1) is 44.3. The van der Waals surface area contributed by atoms with Gasteiger partial charge in [-0.25, -0.2) is 0 Å². The number of nitrogens with one attached hydrogen (secondary N) is 5. The molecule has 0 aromatic carbocycles. The highest BCUT2D eigenvalue weighted by Gasteiger charge is 2.31. The van der Waals surface area contributed by atoms with E-state index in [0.717, 1.165) is 38.5 Å². The first-order valence-corrected chi connectivity index (χ1v) is 17.8. The molecule has 0 aliphatic carbocycles. The molecule has 272 valence electrons. The van der Waals surface area contributed by atoms with Crippen molar-refractivity contribution in [1.82, 2.24) is 26.6 Å². The highest BCUT2D eigenvalue weighted by molar-refractivity contribution is 5.95. The second-order valence-corrected chi connectivity index (χ2v) is 12.2. The van der Waals surface area contributed by atoms with Crippen molar-refractivity contribution in [2.45, 2.75) is 104 Å². The Balaban J connectivity index is 5.60. The lowest BCUT2D eigenvalue weighted by Crippen LogP contribution is -2.40. The van der Waals surface area contributed by atoms with Gasteiger partial charge in [0.15, 0.2) is 0 Å². The molecule has 0 saturated carbocycles. The van der Waals surface area contributed by atoms with E-state index in [-0.39, 0.29) is 61.9 Å². The van der Waals surface area contributed by atoms with Gasteiger partial charge in [-0.05, 0) is 19.3 Å². The van der Waals surface area contributed by atoms with Gasteiger partial charge in [-0.1, -0.05) is 46.5 Å². The van der Waals surface area contributed by atoms with Crippen LogP contribution in [0, 0.1) is 17.8 Å². The fraction of sp³-hybridized carbons (Fsp3) is 0.824. The zero-order valence-electron chi connectivity index (χ0n) is 29.4. The van der Waals surface area contributed by atoms with Gasteiger partial charge in [0, 0.05) is 103 Å². The third kappa shape index (κ3) is 23.3. The molecule has 0 heterocycles. The molecule has 13 nitrogen and oxygen atoms in total. The van der Waals surface area contributed by atoms with Crippen LogP contribution in [0.2, 0.25) is 0 Å². The van der Waals surface area contributed by atoms with Crippen molar-refractivity contribution in [2.75, 3.05) is 58.9 Å². The largest absolute Gasteiger partial charge is 0.356 e. The minimum absolute atomic E-state index is 0.0368. The van der Waals surface area contributed by atoms with Crippen molar-refractivity contribution >= 4 is 35.1 Å². The molecule has 0 radical (unpaired) electrons. The number of carbonyl (C=O) groups excluding carboxylic acids is 6. The van der Waals surface area contributed by atoms with Crippen LogP contribution in [0.25, 0.3) is 0 Å². The van der Waals surface area contributed by atoms with Gasteiger partial charge in [0.25, 0.3) is 0 Å². The first-order chi connectivity index (χ1) is 22.6. The van der Waals surface area contributed by atoms with Gasteiger partial charge in [-0.3, -0.25) is 28.8 Å². The van der Waals surface area contributed by atoms with E-state index in [1.165, 1.54) is 0 Å². The Bertz CT molecular complexity index is 917. The van der Waals surface area contributed by atoms with Gasteiger partial charge in [0.05, 0.1) is 11.8 Å². The Morgan fingerprint density at radius 1 is 0.511 bits per heavy atom. The van der Waals surface area contributed by atoms with Crippen molar-refractivity contribution in [2.24, 2.45) is 29.2 Å². The number of amides is 3. The summed E-state index contributed by atoms with van der Waals surface area (Å²) in [6.45, 7) is 10.1. The number of Topliss-reactive ketones (excluding diaryl/α,β-unsaturated/α-hetero) is 3. The zero-order valence-corrected chi connectivity index (χ0v) is 29.4. The van der Waals surface area contributed by atoms with Gasteiger partial charge in [0.1, 0.15) is 17.3 Å².